The topological polar surface area (TPSA) is 70.1 Å². The molecule has 0 spiro atoms. The van der Waals surface area contributed by atoms with E-state index in [0.29, 0.717) is 5.69 Å². The molecule has 1 heterocycles. The van der Waals surface area contributed by atoms with Crippen LogP contribution in [-0.4, -0.2) is 22.0 Å². The second-order valence-corrected chi connectivity index (χ2v) is 4.32. The lowest BCUT2D eigenvalue weighted by Crippen LogP contribution is -2.17. The van der Waals surface area contributed by atoms with E-state index in [-0.39, 0.29) is 17.9 Å². The Morgan fingerprint density at radius 2 is 2.10 bits per heavy atom. The highest BCUT2D eigenvalue weighted by molar-refractivity contribution is 6.01. The van der Waals surface area contributed by atoms with Crippen molar-refractivity contribution in [2.45, 2.75) is 19.7 Å². The van der Waals surface area contributed by atoms with E-state index in [1.165, 1.54) is 4.68 Å². The number of alkyl halides is 1. The van der Waals surface area contributed by atoms with Crippen molar-refractivity contribution in [3.8, 4) is 17.1 Å². The van der Waals surface area contributed by atoms with Crippen molar-refractivity contribution in [2.24, 2.45) is 12.8 Å². The highest BCUT2D eigenvalue weighted by Gasteiger charge is 2.25. The lowest BCUT2D eigenvalue weighted by Gasteiger charge is -2.10. The Bertz CT molecular complexity index is 610. The summed E-state index contributed by atoms with van der Waals surface area (Å²) in [5, 5.41) is 4.21. The van der Waals surface area contributed by atoms with E-state index < -0.39 is 12.3 Å². The molecule has 106 valence electrons. The zero-order valence-electron chi connectivity index (χ0n) is 11.3. The predicted molar refractivity (Wildman–Crippen MR) is 73.0 cm³/mol. The monoisotopic (exact) mass is 277 g/mol. The van der Waals surface area contributed by atoms with Crippen molar-refractivity contribution >= 4 is 5.91 Å². The minimum Gasteiger partial charge on any atom is -0.443 e. The van der Waals surface area contributed by atoms with E-state index in [4.69, 9.17) is 10.5 Å². The predicted octanol–water partition coefficient (Wildman–Crippen LogP) is 2.27. The first-order chi connectivity index (χ1) is 9.54. The van der Waals surface area contributed by atoms with Gasteiger partial charge in [0.05, 0.1) is 0 Å². The van der Waals surface area contributed by atoms with Crippen LogP contribution in [0.5, 0.6) is 5.88 Å². The third-order valence-electron chi connectivity index (χ3n) is 2.85. The van der Waals surface area contributed by atoms with E-state index in [2.05, 4.69) is 5.10 Å². The Hall–Kier alpha value is -2.37. The first-order valence-electron chi connectivity index (χ1n) is 6.27. The molecule has 0 saturated heterocycles. The molecular formula is C14H16FN3O2. The zero-order chi connectivity index (χ0) is 14.7. The minimum absolute atomic E-state index is 0.0469. The molecule has 0 radical (unpaired) electrons. The maximum atomic E-state index is 13.4. The highest BCUT2D eigenvalue weighted by atomic mass is 19.1. The number of carbonyl (C=O) groups is 1. The molecule has 1 aromatic heterocycles. The van der Waals surface area contributed by atoms with E-state index in [1.807, 2.05) is 18.2 Å². The van der Waals surface area contributed by atoms with Gasteiger partial charge in [0, 0.05) is 19.0 Å². The lowest BCUT2D eigenvalue weighted by atomic mass is 10.1. The number of ether oxygens (including phenoxy) is 1. The molecule has 0 bridgehead atoms. The van der Waals surface area contributed by atoms with Crippen molar-refractivity contribution in [1.29, 1.82) is 0 Å². The van der Waals surface area contributed by atoms with Gasteiger partial charge in [-0.2, -0.15) is 5.10 Å². The molecule has 1 atom stereocenters. The summed E-state index contributed by atoms with van der Waals surface area (Å²) in [5.41, 5.74) is 6.59. The molecule has 20 heavy (non-hydrogen) atoms. The SMILES string of the molecule is CCC(F)Oc1c(C(N)=O)c(-c2ccccc2)nn1C. The third kappa shape index (κ3) is 2.64. The quantitative estimate of drug-likeness (QED) is 0.911. The number of halogens is 1. The van der Waals surface area contributed by atoms with Crippen LogP contribution in [0, 0.1) is 0 Å². The Kier molecular flexibility index (Phi) is 4.02. The van der Waals surface area contributed by atoms with Gasteiger partial charge in [-0.1, -0.05) is 37.3 Å². The van der Waals surface area contributed by atoms with Crippen LogP contribution in [0.2, 0.25) is 0 Å². The molecule has 2 rings (SSSR count). The van der Waals surface area contributed by atoms with Crippen LogP contribution >= 0.6 is 0 Å². The molecule has 6 heteroatoms. The van der Waals surface area contributed by atoms with Gasteiger partial charge in [-0.05, 0) is 0 Å². The molecule has 0 aliphatic heterocycles. The molecule has 5 nitrogen and oxygen atoms in total. The second-order valence-electron chi connectivity index (χ2n) is 4.32. The van der Waals surface area contributed by atoms with Crippen LogP contribution in [0.1, 0.15) is 23.7 Å². The molecule has 2 aromatic rings. The number of benzene rings is 1. The maximum Gasteiger partial charge on any atom is 0.256 e. The van der Waals surface area contributed by atoms with Crippen molar-refractivity contribution in [2.75, 3.05) is 0 Å². The summed E-state index contributed by atoms with van der Waals surface area (Å²) in [7, 11) is 1.58. The van der Waals surface area contributed by atoms with Crippen LogP contribution in [0.15, 0.2) is 30.3 Å². The normalized spacial score (nSPS) is 12.2. The molecule has 2 N–H and O–H groups in total. The number of primary amides is 1. The lowest BCUT2D eigenvalue weighted by molar-refractivity contribution is 0.0540. The van der Waals surface area contributed by atoms with Crippen LogP contribution in [0.3, 0.4) is 0 Å². The molecule has 0 aliphatic carbocycles. The van der Waals surface area contributed by atoms with E-state index in [0.717, 1.165) is 5.56 Å². The summed E-state index contributed by atoms with van der Waals surface area (Å²) in [6.45, 7) is 1.64. The Labute approximate surface area is 116 Å². The number of amides is 1. The summed E-state index contributed by atoms with van der Waals surface area (Å²) in [6.07, 6.45) is -1.34. The van der Waals surface area contributed by atoms with Gasteiger partial charge in [0.25, 0.3) is 5.91 Å². The van der Waals surface area contributed by atoms with Gasteiger partial charge < -0.3 is 10.5 Å². The molecular weight excluding hydrogens is 261 g/mol. The van der Waals surface area contributed by atoms with Gasteiger partial charge in [0.1, 0.15) is 11.3 Å². The Balaban J connectivity index is 2.54. The number of aromatic nitrogens is 2. The molecule has 0 aliphatic rings. The van der Waals surface area contributed by atoms with Crippen molar-refractivity contribution < 1.29 is 13.9 Å². The second kappa shape index (κ2) is 5.73. The smallest absolute Gasteiger partial charge is 0.256 e. The number of nitrogens with two attached hydrogens (primary N) is 1. The largest absolute Gasteiger partial charge is 0.443 e. The van der Waals surface area contributed by atoms with Crippen LogP contribution in [0.25, 0.3) is 11.3 Å². The molecule has 0 saturated carbocycles. The van der Waals surface area contributed by atoms with Gasteiger partial charge in [-0.3, -0.25) is 4.79 Å². The van der Waals surface area contributed by atoms with Gasteiger partial charge in [-0.25, -0.2) is 9.07 Å². The standard InChI is InChI=1S/C14H16FN3O2/c1-3-10(15)20-14-11(13(16)19)12(17-18(14)2)9-7-5-4-6-8-9/h4-8,10H,3H2,1-2H3,(H2,16,19). The highest BCUT2D eigenvalue weighted by Crippen LogP contribution is 2.30. The fraction of sp³-hybridized carbons (Fsp3) is 0.286. The number of nitrogens with zero attached hydrogens (tertiary/aromatic N) is 2. The molecule has 1 unspecified atom stereocenters. The molecule has 1 aromatic carbocycles. The van der Waals surface area contributed by atoms with Crippen LogP contribution < -0.4 is 10.5 Å². The van der Waals surface area contributed by atoms with Gasteiger partial charge >= 0.3 is 0 Å². The van der Waals surface area contributed by atoms with E-state index in [1.54, 1.807) is 26.1 Å². The van der Waals surface area contributed by atoms with Crippen molar-refractivity contribution in [3.05, 3.63) is 35.9 Å². The molecule has 0 fully saturated rings. The van der Waals surface area contributed by atoms with Crippen LogP contribution in [-0.2, 0) is 7.05 Å². The summed E-state index contributed by atoms with van der Waals surface area (Å²) in [6, 6.07) is 9.08. The number of carbonyl (C=O) groups excluding carboxylic acids is 1. The fourth-order valence-corrected chi connectivity index (χ4v) is 1.87. The average Bonchev–Trinajstić information content (AvgIpc) is 2.77. The van der Waals surface area contributed by atoms with Crippen LogP contribution in [0.4, 0.5) is 4.39 Å². The Morgan fingerprint density at radius 3 is 2.65 bits per heavy atom. The third-order valence-corrected chi connectivity index (χ3v) is 2.85. The minimum atomic E-state index is -1.51. The summed E-state index contributed by atoms with van der Waals surface area (Å²) >= 11 is 0. The average molecular weight is 277 g/mol. The van der Waals surface area contributed by atoms with Gasteiger partial charge in [0.15, 0.2) is 0 Å². The van der Waals surface area contributed by atoms with Gasteiger partial charge in [0.2, 0.25) is 12.2 Å². The number of rotatable bonds is 5. The summed E-state index contributed by atoms with van der Waals surface area (Å²) < 4.78 is 19.9. The number of hydrogen-bond acceptors (Lipinski definition) is 3. The number of aryl methyl sites for hydroxylation is 1. The van der Waals surface area contributed by atoms with Crippen molar-refractivity contribution in [3.63, 3.8) is 0 Å². The maximum absolute atomic E-state index is 13.4. The zero-order valence-corrected chi connectivity index (χ0v) is 11.3. The summed E-state index contributed by atoms with van der Waals surface area (Å²) in [4.78, 5) is 11.7. The van der Waals surface area contributed by atoms with Gasteiger partial charge in [-0.15, -0.1) is 0 Å². The van der Waals surface area contributed by atoms with Crippen molar-refractivity contribution in [1.82, 2.24) is 9.78 Å². The summed E-state index contributed by atoms with van der Waals surface area (Å²) in [5.74, 6) is -0.652. The Morgan fingerprint density at radius 1 is 1.45 bits per heavy atom. The van der Waals surface area contributed by atoms with E-state index >= 15 is 0 Å². The first-order valence-corrected chi connectivity index (χ1v) is 6.27. The molecule has 1 amide bonds. The fourth-order valence-electron chi connectivity index (χ4n) is 1.87. The van der Waals surface area contributed by atoms with E-state index in [9.17, 15) is 9.18 Å². The first kappa shape index (κ1) is 14.0. The number of hydrogen-bond donors (Lipinski definition) is 1.